The van der Waals surface area contributed by atoms with Crippen LogP contribution in [-0.2, 0) is 11.2 Å². The molecule has 1 fully saturated rings. The third-order valence-electron chi connectivity index (χ3n) is 3.76. The van der Waals surface area contributed by atoms with Crippen molar-refractivity contribution in [2.24, 2.45) is 0 Å². The summed E-state index contributed by atoms with van der Waals surface area (Å²) in [5, 5.41) is 6.61. The lowest BCUT2D eigenvalue weighted by Crippen LogP contribution is -2.42. The molecule has 0 unspecified atom stereocenters. The van der Waals surface area contributed by atoms with Crippen LogP contribution in [0.1, 0.15) is 44.8 Å². The lowest BCUT2D eigenvalue weighted by molar-refractivity contribution is -0.122. The Balaban J connectivity index is 1.63. The molecular weight excluding hydrogens is 240 g/mol. The maximum atomic E-state index is 11.8. The Hall–Kier alpha value is -1.29. The fourth-order valence-corrected chi connectivity index (χ4v) is 2.72. The minimum Gasteiger partial charge on any atom is -0.469 e. The summed E-state index contributed by atoms with van der Waals surface area (Å²) in [6.07, 6.45) is 7.35. The van der Waals surface area contributed by atoms with Gasteiger partial charge in [-0.3, -0.25) is 4.79 Å². The summed E-state index contributed by atoms with van der Waals surface area (Å²) in [6, 6.07) is 4.77. The lowest BCUT2D eigenvalue weighted by Gasteiger charge is -2.29. The maximum Gasteiger partial charge on any atom is 0.220 e. The summed E-state index contributed by atoms with van der Waals surface area (Å²) in [6.45, 7) is 3.17. The van der Waals surface area contributed by atoms with Crippen LogP contribution in [0.4, 0.5) is 0 Å². The highest BCUT2D eigenvalue weighted by molar-refractivity contribution is 5.76. The lowest BCUT2D eigenvalue weighted by atomic mass is 9.91. The molecule has 2 N–H and O–H groups in total. The van der Waals surface area contributed by atoms with Gasteiger partial charge < -0.3 is 15.1 Å². The molecule has 0 spiro atoms. The highest BCUT2D eigenvalue weighted by atomic mass is 16.3. The van der Waals surface area contributed by atoms with Crippen molar-refractivity contribution >= 4 is 5.91 Å². The van der Waals surface area contributed by atoms with E-state index in [2.05, 4.69) is 17.6 Å². The van der Waals surface area contributed by atoms with Gasteiger partial charge in [0.2, 0.25) is 5.91 Å². The fourth-order valence-electron chi connectivity index (χ4n) is 2.72. The molecule has 0 aromatic carbocycles. The van der Waals surface area contributed by atoms with Crippen LogP contribution in [0.25, 0.3) is 0 Å². The Labute approximate surface area is 114 Å². The van der Waals surface area contributed by atoms with Gasteiger partial charge in [0.05, 0.1) is 6.26 Å². The predicted molar refractivity (Wildman–Crippen MR) is 74.9 cm³/mol. The van der Waals surface area contributed by atoms with Crippen molar-refractivity contribution in [1.29, 1.82) is 0 Å². The van der Waals surface area contributed by atoms with Crippen molar-refractivity contribution in [3.63, 3.8) is 0 Å². The van der Waals surface area contributed by atoms with Gasteiger partial charge >= 0.3 is 0 Å². The van der Waals surface area contributed by atoms with Crippen LogP contribution in [0.3, 0.4) is 0 Å². The molecule has 0 radical (unpaired) electrons. The first-order chi connectivity index (χ1) is 9.28. The van der Waals surface area contributed by atoms with E-state index in [9.17, 15) is 4.79 Å². The highest BCUT2D eigenvalue weighted by Crippen LogP contribution is 2.18. The molecule has 106 valence electrons. The van der Waals surface area contributed by atoms with E-state index in [1.807, 2.05) is 12.1 Å². The van der Waals surface area contributed by atoms with Gasteiger partial charge in [0.15, 0.2) is 0 Å². The molecule has 0 saturated heterocycles. The molecule has 19 heavy (non-hydrogen) atoms. The van der Waals surface area contributed by atoms with Crippen LogP contribution in [0.15, 0.2) is 22.8 Å². The predicted octanol–water partition coefficient (Wildman–Crippen LogP) is 2.25. The minimum atomic E-state index is 0.142. The Morgan fingerprint density at radius 1 is 1.32 bits per heavy atom. The zero-order valence-corrected chi connectivity index (χ0v) is 11.7. The molecule has 1 amide bonds. The number of nitrogens with one attached hydrogen (secondary N) is 2. The maximum absolute atomic E-state index is 11.8. The number of hydrogen-bond acceptors (Lipinski definition) is 3. The van der Waals surface area contributed by atoms with E-state index in [-0.39, 0.29) is 5.91 Å². The van der Waals surface area contributed by atoms with Crippen molar-refractivity contribution in [2.75, 3.05) is 6.54 Å². The smallest absolute Gasteiger partial charge is 0.220 e. The molecule has 4 nitrogen and oxygen atoms in total. The summed E-state index contributed by atoms with van der Waals surface area (Å²) >= 11 is 0. The average molecular weight is 264 g/mol. The largest absolute Gasteiger partial charge is 0.469 e. The molecule has 1 aliphatic rings. The first-order valence-corrected chi connectivity index (χ1v) is 7.33. The number of amides is 1. The van der Waals surface area contributed by atoms with Crippen LogP contribution < -0.4 is 10.6 Å². The SMILES string of the molecule is CCNC1CCC(NC(=O)CCc2ccco2)CC1. The number of carbonyl (C=O) groups is 1. The summed E-state index contributed by atoms with van der Waals surface area (Å²) in [7, 11) is 0. The topological polar surface area (TPSA) is 54.3 Å². The van der Waals surface area contributed by atoms with Crippen LogP contribution in [-0.4, -0.2) is 24.5 Å². The van der Waals surface area contributed by atoms with E-state index in [1.165, 1.54) is 0 Å². The first kappa shape index (κ1) is 14.1. The Morgan fingerprint density at radius 3 is 2.68 bits per heavy atom. The van der Waals surface area contributed by atoms with Gasteiger partial charge in [-0.25, -0.2) is 0 Å². The fraction of sp³-hybridized carbons (Fsp3) is 0.667. The average Bonchev–Trinajstić information content (AvgIpc) is 2.92. The first-order valence-electron chi connectivity index (χ1n) is 7.33. The van der Waals surface area contributed by atoms with Crippen LogP contribution in [0, 0.1) is 0 Å². The number of carbonyl (C=O) groups excluding carboxylic acids is 1. The van der Waals surface area contributed by atoms with E-state index >= 15 is 0 Å². The van der Waals surface area contributed by atoms with E-state index in [0.29, 0.717) is 24.9 Å². The second kappa shape index (κ2) is 7.34. The van der Waals surface area contributed by atoms with E-state index < -0.39 is 0 Å². The minimum absolute atomic E-state index is 0.142. The molecule has 2 rings (SSSR count). The molecule has 1 aliphatic carbocycles. The molecule has 4 heteroatoms. The zero-order chi connectivity index (χ0) is 13.5. The third kappa shape index (κ3) is 4.71. The Bertz CT molecular complexity index is 368. The van der Waals surface area contributed by atoms with E-state index in [0.717, 1.165) is 38.0 Å². The van der Waals surface area contributed by atoms with Crippen LogP contribution in [0.2, 0.25) is 0 Å². The summed E-state index contributed by atoms with van der Waals surface area (Å²) < 4.78 is 5.23. The van der Waals surface area contributed by atoms with Gasteiger partial charge in [-0.05, 0) is 44.4 Å². The molecule has 0 atom stereocenters. The summed E-state index contributed by atoms with van der Waals surface area (Å²) in [4.78, 5) is 11.8. The van der Waals surface area contributed by atoms with Gasteiger partial charge in [0.25, 0.3) is 0 Å². The number of rotatable bonds is 6. The van der Waals surface area contributed by atoms with Gasteiger partial charge in [-0.15, -0.1) is 0 Å². The van der Waals surface area contributed by atoms with Crippen LogP contribution in [0.5, 0.6) is 0 Å². The molecule has 1 aromatic heterocycles. The molecule has 1 saturated carbocycles. The Morgan fingerprint density at radius 2 is 2.05 bits per heavy atom. The standard InChI is InChI=1S/C15H24N2O2/c1-2-16-12-5-7-13(8-6-12)17-15(18)10-9-14-4-3-11-19-14/h3-4,11-13,16H,2,5-10H2,1H3,(H,17,18). The van der Waals surface area contributed by atoms with Gasteiger partial charge in [-0.1, -0.05) is 6.92 Å². The third-order valence-corrected chi connectivity index (χ3v) is 3.76. The zero-order valence-electron chi connectivity index (χ0n) is 11.7. The quantitative estimate of drug-likeness (QED) is 0.828. The number of hydrogen-bond donors (Lipinski definition) is 2. The summed E-state index contributed by atoms with van der Waals surface area (Å²) in [5.41, 5.74) is 0. The van der Waals surface area contributed by atoms with Crippen molar-refractivity contribution in [3.05, 3.63) is 24.2 Å². The monoisotopic (exact) mass is 264 g/mol. The van der Waals surface area contributed by atoms with Gasteiger partial charge in [-0.2, -0.15) is 0 Å². The number of aryl methyl sites for hydroxylation is 1. The molecule has 0 aliphatic heterocycles. The normalized spacial score (nSPS) is 23.2. The molecular formula is C15H24N2O2. The summed E-state index contributed by atoms with van der Waals surface area (Å²) in [5.74, 6) is 1.02. The van der Waals surface area contributed by atoms with Crippen molar-refractivity contribution in [2.45, 2.75) is 57.5 Å². The molecule has 1 aromatic rings. The van der Waals surface area contributed by atoms with E-state index in [4.69, 9.17) is 4.42 Å². The molecule has 0 bridgehead atoms. The van der Waals surface area contributed by atoms with Gasteiger partial charge in [0, 0.05) is 24.9 Å². The van der Waals surface area contributed by atoms with Crippen molar-refractivity contribution in [1.82, 2.24) is 10.6 Å². The van der Waals surface area contributed by atoms with E-state index in [1.54, 1.807) is 6.26 Å². The van der Waals surface area contributed by atoms with Gasteiger partial charge in [0.1, 0.15) is 5.76 Å². The highest BCUT2D eigenvalue weighted by Gasteiger charge is 2.21. The number of furan rings is 1. The molecule has 1 heterocycles. The van der Waals surface area contributed by atoms with Crippen LogP contribution >= 0.6 is 0 Å². The van der Waals surface area contributed by atoms with Crippen molar-refractivity contribution < 1.29 is 9.21 Å². The second-order valence-corrected chi connectivity index (χ2v) is 5.25. The Kier molecular flexibility index (Phi) is 5.45. The van der Waals surface area contributed by atoms with Crippen molar-refractivity contribution in [3.8, 4) is 0 Å². The second-order valence-electron chi connectivity index (χ2n) is 5.25.